The van der Waals surface area contributed by atoms with E-state index in [1.807, 2.05) is 0 Å². The first-order valence-corrected chi connectivity index (χ1v) is 7.69. The smallest absolute Gasteiger partial charge is 0.295 e. The van der Waals surface area contributed by atoms with Gasteiger partial charge in [-0.2, -0.15) is 0 Å². The number of anilines is 1. The first kappa shape index (κ1) is 15.6. The molecule has 0 saturated heterocycles. The van der Waals surface area contributed by atoms with E-state index in [-0.39, 0.29) is 29.4 Å². The van der Waals surface area contributed by atoms with Gasteiger partial charge in [0.15, 0.2) is 0 Å². The normalized spacial score (nSPS) is 11.3. The van der Waals surface area contributed by atoms with Gasteiger partial charge in [-0.3, -0.25) is 10.1 Å². The maximum Gasteiger partial charge on any atom is 0.295 e. The second-order valence-corrected chi connectivity index (χ2v) is 6.62. The maximum atomic E-state index is 13.1. The Morgan fingerprint density at radius 1 is 1.47 bits per heavy atom. The number of nitro groups is 1. The molecule has 0 bridgehead atoms. The van der Waals surface area contributed by atoms with E-state index in [0.29, 0.717) is 0 Å². The Labute approximate surface area is 114 Å². The molecule has 0 saturated carbocycles. The predicted molar refractivity (Wildman–Crippen MR) is 70.9 cm³/mol. The zero-order valence-corrected chi connectivity index (χ0v) is 11.6. The maximum absolute atomic E-state index is 13.1. The largest absolute Gasteiger partial charge is 0.379 e. The van der Waals surface area contributed by atoms with Crippen molar-refractivity contribution >= 4 is 32.8 Å². The summed E-state index contributed by atoms with van der Waals surface area (Å²) in [6.07, 6.45) is 1.38. The van der Waals surface area contributed by atoms with Crippen molar-refractivity contribution in [2.45, 2.75) is 6.42 Å². The van der Waals surface area contributed by atoms with Gasteiger partial charge in [0.25, 0.3) is 5.69 Å². The molecule has 1 aromatic carbocycles. The van der Waals surface area contributed by atoms with Gasteiger partial charge in [0.2, 0.25) is 0 Å². The second-order valence-electron chi connectivity index (χ2n) is 3.95. The molecule has 0 amide bonds. The third-order valence-electron chi connectivity index (χ3n) is 2.24. The summed E-state index contributed by atoms with van der Waals surface area (Å²) in [5.41, 5.74) is -0.383. The molecular formula is C10H12ClFN2O4S. The van der Waals surface area contributed by atoms with Gasteiger partial charge in [-0.1, -0.05) is 11.6 Å². The van der Waals surface area contributed by atoms with Gasteiger partial charge in [0.1, 0.15) is 21.3 Å². The summed E-state index contributed by atoms with van der Waals surface area (Å²) >= 11 is 5.54. The lowest BCUT2D eigenvalue weighted by Crippen LogP contribution is -2.10. The van der Waals surface area contributed by atoms with E-state index in [9.17, 15) is 22.9 Å². The number of benzene rings is 1. The van der Waals surface area contributed by atoms with Gasteiger partial charge < -0.3 is 5.32 Å². The summed E-state index contributed by atoms with van der Waals surface area (Å²) in [6, 6.07) is 1.83. The van der Waals surface area contributed by atoms with Crippen molar-refractivity contribution in [3.05, 3.63) is 33.1 Å². The van der Waals surface area contributed by atoms with Gasteiger partial charge in [0.05, 0.1) is 21.8 Å². The molecule has 9 heteroatoms. The summed E-state index contributed by atoms with van der Waals surface area (Å²) in [7, 11) is -3.08. The third kappa shape index (κ3) is 4.99. The van der Waals surface area contributed by atoms with E-state index in [2.05, 4.69) is 5.32 Å². The van der Waals surface area contributed by atoms with Crippen LogP contribution in [0.15, 0.2) is 12.1 Å². The average molecular weight is 311 g/mol. The minimum atomic E-state index is -3.08. The highest BCUT2D eigenvalue weighted by Crippen LogP contribution is 2.30. The topological polar surface area (TPSA) is 89.3 Å². The second kappa shape index (κ2) is 6.16. The molecule has 0 spiro atoms. The summed E-state index contributed by atoms with van der Waals surface area (Å²) in [6.45, 7) is 0.204. The van der Waals surface area contributed by atoms with Gasteiger partial charge in [0, 0.05) is 12.8 Å². The molecule has 0 aliphatic heterocycles. The lowest BCUT2D eigenvalue weighted by atomic mass is 10.2. The van der Waals surface area contributed by atoms with Crippen LogP contribution in [0.25, 0.3) is 0 Å². The van der Waals surface area contributed by atoms with Crippen LogP contribution in [-0.2, 0) is 9.84 Å². The van der Waals surface area contributed by atoms with E-state index >= 15 is 0 Å². The van der Waals surface area contributed by atoms with Crippen LogP contribution in [0.5, 0.6) is 0 Å². The Hall–Kier alpha value is -1.41. The highest BCUT2D eigenvalue weighted by atomic mass is 35.5. The van der Waals surface area contributed by atoms with Crippen molar-refractivity contribution in [2.24, 2.45) is 0 Å². The SMILES string of the molecule is CS(=O)(=O)CCCNc1cc(Cl)c(F)cc1[N+](=O)[O-]. The molecular weight excluding hydrogens is 299 g/mol. The molecule has 0 atom stereocenters. The lowest BCUT2D eigenvalue weighted by Gasteiger charge is -2.07. The van der Waals surface area contributed by atoms with Gasteiger partial charge in [-0.05, 0) is 12.5 Å². The van der Waals surface area contributed by atoms with Crippen LogP contribution >= 0.6 is 11.6 Å². The zero-order valence-electron chi connectivity index (χ0n) is 10.0. The van der Waals surface area contributed by atoms with E-state index in [0.717, 1.165) is 18.4 Å². The van der Waals surface area contributed by atoms with Gasteiger partial charge >= 0.3 is 0 Å². The highest BCUT2D eigenvalue weighted by molar-refractivity contribution is 7.90. The fourth-order valence-electron chi connectivity index (χ4n) is 1.39. The highest BCUT2D eigenvalue weighted by Gasteiger charge is 2.17. The number of rotatable bonds is 6. The number of hydrogen-bond donors (Lipinski definition) is 1. The van der Waals surface area contributed by atoms with Crippen molar-refractivity contribution < 1.29 is 17.7 Å². The van der Waals surface area contributed by atoms with Crippen LogP contribution in [0, 0.1) is 15.9 Å². The number of nitrogens with one attached hydrogen (secondary N) is 1. The average Bonchev–Trinajstić information content (AvgIpc) is 2.27. The minimum absolute atomic E-state index is 0.0390. The van der Waals surface area contributed by atoms with Crippen LogP contribution in [0.1, 0.15) is 6.42 Å². The quantitative estimate of drug-likeness (QED) is 0.494. The number of sulfone groups is 1. The molecule has 106 valence electrons. The van der Waals surface area contributed by atoms with E-state index in [4.69, 9.17) is 11.6 Å². The fourth-order valence-corrected chi connectivity index (χ4v) is 2.22. The molecule has 0 radical (unpaired) electrons. The van der Waals surface area contributed by atoms with Crippen LogP contribution in [-0.4, -0.2) is 31.9 Å². The van der Waals surface area contributed by atoms with Gasteiger partial charge in [-0.15, -0.1) is 0 Å². The number of nitrogens with zero attached hydrogens (tertiary/aromatic N) is 1. The Morgan fingerprint density at radius 3 is 2.63 bits per heavy atom. The number of halogens is 2. The van der Waals surface area contributed by atoms with E-state index < -0.39 is 26.3 Å². The first-order valence-electron chi connectivity index (χ1n) is 5.26. The Balaban J connectivity index is 2.77. The van der Waals surface area contributed by atoms with E-state index in [1.165, 1.54) is 0 Å². The van der Waals surface area contributed by atoms with Crippen molar-refractivity contribution in [3.8, 4) is 0 Å². The zero-order chi connectivity index (χ0) is 14.6. The van der Waals surface area contributed by atoms with Crippen LogP contribution in [0.4, 0.5) is 15.8 Å². The first-order chi connectivity index (χ1) is 8.70. The lowest BCUT2D eigenvalue weighted by molar-refractivity contribution is -0.384. The van der Waals surface area contributed by atoms with Crippen molar-refractivity contribution in [1.82, 2.24) is 0 Å². The fraction of sp³-hybridized carbons (Fsp3) is 0.400. The van der Waals surface area contributed by atoms with Crippen molar-refractivity contribution in [1.29, 1.82) is 0 Å². The van der Waals surface area contributed by atoms with Crippen molar-refractivity contribution in [2.75, 3.05) is 23.9 Å². The van der Waals surface area contributed by atoms with Crippen molar-refractivity contribution in [3.63, 3.8) is 0 Å². The Kier molecular flexibility index (Phi) is 5.07. The van der Waals surface area contributed by atoms with E-state index in [1.54, 1.807) is 0 Å². The minimum Gasteiger partial charge on any atom is -0.379 e. The summed E-state index contributed by atoms with van der Waals surface area (Å²) in [5.74, 6) is -0.919. The third-order valence-corrected chi connectivity index (χ3v) is 3.56. The summed E-state index contributed by atoms with van der Waals surface area (Å²) in [5, 5.41) is 13.2. The molecule has 0 heterocycles. The standard InChI is InChI=1S/C10H12ClFN2O4S/c1-19(17,18)4-2-3-13-9-5-7(11)8(12)6-10(9)14(15)16/h5-6,13H,2-4H2,1H3. The molecule has 1 N–H and O–H groups in total. The molecule has 1 aromatic rings. The number of nitro benzene ring substituents is 1. The molecule has 6 nitrogen and oxygen atoms in total. The Morgan fingerprint density at radius 2 is 2.11 bits per heavy atom. The molecule has 19 heavy (non-hydrogen) atoms. The van der Waals surface area contributed by atoms with Crippen LogP contribution in [0.3, 0.4) is 0 Å². The monoisotopic (exact) mass is 310 g/mol. The number of hydrogen-bond acceptors (Lipinski definition) is 5. The molecule has 0 aliphatic carbocycles. The van der Waals surface area contributed by atoms with Gasteiger partial charge in [-0.25, -0.2) is 12.8 Å². The molecule has 0 aromatic heterocycles. The molecule has 1 rings (SSSR count). The Bertz CT molecular complexity index is 591. The van der Waals surface area contributed by atoms with Crippen LogP contribution in [0.2, 0.25) is 5.02 Å². The molecule has 0 fully saturated rings. The molecule has 0 aliphatic rings. The summed E-state index contributed by atoms with van der Waals surface area (Å²) < 4.78 is 34.9. The predicted octanol–water partition coefficient (Wildman–Crippen LogP) is 2.23. The summed E-state index contributed by atoms with van der Waals surface area (Å²) in [4.78, 5) is 10.00. The van der Waals surface area contributed by atoms with Crippen LogP contribution < -0.4 is 5.32 Å². The molecule has 0 unspecified atom stereocenters.